The maximum absolute atomic E-state index is 11.7. The van der Waals surface area contributed by atoms with E-state index >= 15 is 0 Å². The molecule has 7 heteroatoms. The molecule has 6 nitrogen and oxygen atoms in total. The standard InChI is InChI=1S/C13H20N2O4S/c1-3-14-20(18,19)12-7-5-11(6-8-12)15-13(17)9-4-10(2)16/h5-8,10,14,16H,3-4,9H2,1-2H3,(H,15,17). The lowest BCUT2D eigenvalue weighted by atomic mass is 10.2. The summed E-state index contributed by atoms with van der Waals surface area (Å²) in [7, 11) is -3.47. The fourth-order valence-corrected chi connectivity index (χ4v) is 2.60. The van der Waals surface area contributed by atoms with Gasteiger partial charge in [-0.25, -0.2) is 13.1 Å². The average molecular weight is 300 g/mol. The molecule has 0 aliphatic carbocycles. The molecule has 0 aliphatic rings. The van der Waals surface area contributed by atoms with Gasteiger partial charge in [-0.3, -0.25) is 4.79 Å². The summed E-state index contributed by atoms with van der Waals surface area (Å²) in [5, 5.41) is 11.7. The molecule has 0 saturated carbocycles. The number of aliphatic hydroxyl groups excluding tert-OH is 1. The third kappa shape index (κ3) is 5.28. The van der Waals surface area contributed by atoms with Gasteiger partial charge in [-0.15, -0.1) is 0 Å². The number of nitrogens with one attached hydrogen (secondary N) is 2. The van der Waals surface area contributed by atoms with Crippen LogP contribution in [-0.2, 0) is 14.8 Å². The van der Waals surface area contributed by atoms with Gasteiger partial charge in [-0.1, -0.05) is 6.92 Å². The number of carbonyl (C=O) groups is 1. The number of carbonyl (C=O) groups excluding carboxylic acids is 1. The molecule has 1 atom stereocenters. The lowest BCUT2D eigenvalue weighted by molar-refractivity contribution is -0.116. The zero-order chi connectivity index (χ0) is 15.2. The molecule has 3 N–H and O–H groups in total. The highest BCUT2D eigenvalue weighted by molar-refractivity contribution is 7.89. The fraction of sp³-hybridized carbons (Fsp3) is 0.462. The predicted molar refractivity (Wildman–Crippen MR) is 76.8 cm³/mol. The molecular formula is C13H20N2O4S. The monoisotopic (exact) mass is 300 g/mol. The Morgan fingerprint density at radius 2 is 1.90 bits per heavy atom. The Labute approximate surface area is 119 Å². The van der Waals surface area contributed by atoms with E-state index in [4.69, 9.17) is 5.11 Å². The molecule has 0 bridgehead atoms. The first-order chi connectivity index (χ1) is 9.35. The predicted octanol–water partition coefficient (Wildman–Crippen LogP) is 1.08. The Hall–Kier alpha value is -1.44. The Bertz CT molecular complexity index is 538. The van der Waals surface area contributed by atoms with E-state index in [0.717, 1.165) is 0 Å². The molecule has 0 fully saturated rings. The van der Waals surface area contributed by atoms with E-state index < -0.39 is 16.1 Å². The molecule has 0 aromatic heterocycles. The molecule has 1 amide bonds. The number of hydrogen-bond donors (Lipinski definition) is 3. The van der Waals surface area contributed by atoms with Crippen molar-refractivity contribution in [3.05, 3.63) is 24.3 Å². The molecule has 0 aliphatic heterocycles. The number of benzene rings is 1. The van der Waals surface area contributed by atoms with Crippen LogP contribution >= 0.6 is 0 Å². The molecule has 20 heavy (non-hydrogen) atoms. The van der Waals surface area contributed by atoms with Gasteiger partial charge in [0.2, 0.25) is 15.9 Å². The summed E-state index contributed by atoms with van der Waals surface area (Å²) in [5.74, 6) is -0.215. The molecule has 1 aromatic rings. The van der Waals surface area contributed by atoms with Crippen LogP contribution in [0.25, 0.3) is 0 Å². The van der Waals surface area contributed by atoms with Crippen LogP contribution in [0.4, 0.5) is 5.69 Å². The molecule has 0 saturated heterocycles. The van der Waals surface area contributed by atoms with Gasteiger partial charge >= 0.3 is 0 Å². The zero-order valence-electron chi connectivity index (χ0n) is 11.6. The largest absolute Gasteiger partial charge is 0.393 e. The zero-order valence-corrected chi connectivity index (χ0v) is 12.4. The van der Waals surface area contributed by atoms with Crippen LogP contribution in [0.3, 0.4) is 0 Å². The van der Waals surface area contributed by atoms with Gasteiger partial charge in [0.15, 0.2) is 0 Å². The summed E-state index contributed by atoms with van der Waals surface area (Å²) in [4.78, 5) is 11.7. The number of hydrogen-bond acceptors (Lipinski definition) is 4. The van der Waals surface area contributed by atoms with Crippen LogP contribution in [0.1, 0.15) is 26.7 Å². The van der Waals surface area contributed by atoms with Crippen LogP contribution in [0.15, 0.2) is 29.2 Å². The van der Waals surface area contributed by atoms with Crippen molar-refractivity contribution in [2.24, 2.45) is 0 Å². The van der Waals surface area contributed by atoms with Crippen LogP contribution in [-0.4, -0.2) is 32.1 Å². The first-order valence-corrected chi connectivity index (χ1v) is 7.91. The first kappa shape index (κ1) is 16.6. The van der Waals surface area contributed by atoms with Gasteiger partial charge < -0.3 is 10.4 Å². The molecule has 1 aromatic carbocycles. The van der Waals surface area contributed by atoms with Crippen molar-refractivity contribution in [1.29, 1.82) is 0 Å². The summed E-state index contributed by atoms with van der Waals surface area (Å²) in [6.07, 6.45) is 0.0850. The van der Waals surface area contributed by atoms with E-state index in [1.807, 2.05) is 0 Å². The van der Waals surface area contributed by atoms with Crippen molar-refractivity contribution in [1.82, 2.24) is 4.72 Å². The van der Waals surface area contributed by atoms with Crippen molar-refractivity contribution < 1.29 is 18.3 Å². The van der Waals surface area contributed by atoms with Gasteiger partial charge in [0, 0.05) is 18.7 Å². The molecule has 0 heterocycles. The number of aliphatic hydroxyl groups is 1. The van der Waals surface area contributed by atoms with E-state index in [0.29, 0.717) is 18.7 Å². The van der Waals surface area contributed by atoms with Gasteiger partial charge in [-0.05, 0) is 37.6 Å². The molecule has 1 unspecified atom stereocenters. The lowest BCUT2D eigenvalue weighted by Gasteiger charge is -2.08. The summed E-state index contributed by atoms with van der Waals surface area (Å²) < 4.78 is 25.8. The van der Waals surface area contributed by atoms with Crippen LogP contribution in [0, 0.1) is 0 Å². The van der Waals surface area contributed by atoms with E-state index in [-0.39, 0.29) is 17.2 Å². The highest BCUT2D eigenvalue weighted by atomic mass is 32.2. The Morgan fingerprint density at radius 3 is 2.40 bits per heavy atom. The minimum atomic E-state index is -3.47. The van der Waals surface area contributed by atoms with Crippen molar-refractivity contribution in [2.75, 3.05) is 11.9 Å². The van der Waals surface area contributed by atoms with Crippen LogP contribution < -0.4 is 10.0 Å². The maximum atomic E-state index is 11.7. The molecule has 1 rings (SSSR count). The second kappa shape index (κ2) is 7.37. The average Bonchev–Trinajstić information content (AvgIpc) is 2.37. The maximum Gasteiger partial charge on any atom is 0.240 e. The van der Waals surface area contributed by atoms with Gasteiger partial charge in [0.1, 0.15) is 0 Å². The summed E-state index contributed by atoms with van der Waals surface area (Å²) >= 11 is 0. The second-order valence-corrected chi connectivity index (χ2v) is 6.23. The van der Waals surface area contributed by atoms with Crippen molar-refractivity contribution in [3.8, 4) is 0 Å². The third-order valence-corrected chi connectivity index (χ3v) is 4.13. The van der Waals surface area contributed by atoms with Gasteiger partial charge in [-0.2, -0.15) is 0 Å². The lowest BCUT2D eigenvalue weighted by Crippen LogP contribution is -2.23. The van der Waals surface area contributed by atoms with Crippen molar-refractivity contribution in [3.63, 3.8) is 0 Å². The fourth-order valence-electron chi connectivity index (χ4n) is 1.55. The molecule has 112 valence electrons. The highest BCUT2D eigenvalue weighted by Crippen LogP contribution is 2.14. The van der Waals surface area contributed by atoms with Crippen molar-refractivity contribution in [2.45, 2.75) is 37.7 Å². The Kier molecular flexibility index (Phi) is 6.12. The highest BCUT2D eigenvalue weighted by Gasteiger charge is 2.12. The smallest absolute Gasteiger partial charge is 0.240 e. The normalized spacial score (nSPS) is 12.9. The number of sulfonamides is 1. The Balaban J connectivity index is 2.65. The Morgan fingerprint density at radius 1 is 1.30 bits per heavy atom. The SMILES string of the molecule is CCNS(=O)(=O)c1ccc(NC(=O)CCC(C)O)cc1. The third-order valence-electron chi connectivity index (χ3n) is 2.57. The van der Waals surface area contributed by atoms with Gasteiger partial charge in [0.05, 0.1) is 11.0 Å². The second-order valence-electron chi connectivity index (χ2n) is 4.46. The topological polar surface area (TPSA) is 95.5 Å². The molecule has 0 spiro atoms. The molecular weight excluding hydrogens is 280 g/mol. The number of anilines is 1. The van der Waals surface area contributed by atoms with Crippen molar-refractivity contribution >= 4 is 21.6 Å². The minimum Gasteiger partial charge on any atom is -0.393 e. The van der Waals surface area contributed by atoms with Crippen LogP contribution in [0.5, 0.6) is 0 Å². The summed E-state index contributed by atoms with van der Waals surface area (Å²) in [5.41, 5.74) is 0.524. The van der Waals surface area contributed by atoms with Crippen LogP contribution in [0.2, 0.25) is 0 Å². The first-order valence-electron chi connectivity index (χ1n) is 6.43. The van der Waals surface area contributed by atoms with E-state index in [9.17, 15) is 13.2 Å². The summed E-state index contributed by atoms with van der Waals surface area (Å²) in [6.45, 7) is 3.64. The molecule has 0 radical (unpaired) electrons. The van der Waals surface area contributed by atoms with E-state index in [1.54, 1.807) is 13.8 Å². The summed E-state index contributed by atoms with van der Waals surface area (Å²) in [6, 6.07) is 5.93. The van der Waals surface area contributed by atoms with Gasteiger partial charge in [0.25, 0.3) is 0 Å². The van der Waals surface area contributed by atoms with E-state index in [2.05, 4.69) is 10.0 Å². The minimum absolute atomic E-state index is 0.154. The number of rotatable bonds is 7. The van der Waals surface area contributed by atoms with E-state index in [1.165, 1.54) is 24.3 Å². The quantitative estimate of drug-likeness (QED) is 0.702. The number of amides is 1.